The predicted octanol–water partition coefficient (Wildman–Crippen LogP) is 5.21. The van der Waals surface area contributed by atoms with Crippen molar-refractivity contribution in [3.05, 3.63) is 10.6 Å². The van der Waals surface area contributed by atoms with Crippen molar-refractivity contribution >= 4 is 40.8 Å². The molecule has 0 aromatic heterocycles. The van der Waals surface area contributed by atoms with Crippen LogP contribution in [-0.4, -0.2) is 18.5 Å². The van der Waals surface area contributed by atoms with E-state index in [-0.39, 0.29) is 15.8 Å². The molecule has 2 nitrogen and oxygen atoms in total. The molecule has 0 amide bonds. The molecule has 0 fully saturated rings. The highest BCUT2D eigenvalue weighted by Crippen LogP contribution is 2.17. The van der Waals surface area contributed by atoms with Crippen molar-refractivity contribution in [2.45, 2.75) is 56.7 Å². The molecule has 1 atom stereocenters. The van der Waals surface area contributed by atoms with E-state index in [1.807, 2.05) is 0 Å². The Morgan fingerprint density at radius 3 is 2.22 bits per heavy atom. The molecular formula is C13H21Cl3O2. The molecule has 0 aliphatic rings. The summed E-state index contributed by atoms with van der Waals surface area (Å²) in [4.78, 5) is 10.8. The maximum atomic E-state index is 10.8. The molecule has 0 saturated heterocycles. The number of halogens is 3. The van der Waals surface area contributed by atoms with Gasteiger partial charge in [-0.1, -0.05) is 55.3 Å². The van der Waals surface area contributed by atoms with Crippen LogP contribution >= 0.6 is 34.8 Å². The Kier molecular flexibility index (Phi) is 12.2. The summed E-state index contributed by atoms with van der Waals surface area (Å²) in [6.45, 7) is 0. The molecular weight excluding hydrogens is 294 g/mol. The van der Waals surface area contributed by atoms with Crippen LogP contribution in [0, 0.1) is 0 Å². The highest BCUT2D eigenvalue weighted by molar-refractivity contribution is 6.56. The van der Waals surface area contributed by atoms with Crippen LogP contribution in [0.1, 0.15) is 51.4 Å². The summed E-state index contributed by atoms with van der Waals surface area (Å²) in [6.07, 6.45) is 9.60. The topological polar surface area (TPSA) is 26.3 Å². The van der Waals surface area contributed by atoms with Gasteiger partial charge in [0.1, 0.15) is 4.49 Å². The first-order chi connectivity index (χ1) is 8.56. The van der Waals surface area contributed by atoms with Crippen molar-refractivity contribution in [2.24, 2.45) is 0 Å². The molecule has 5 heteroatoms. The first-order valence-electron chi connectivity index (χ1n) is 6.30. The van der Waals surface area contributed by atoms with Gasteiger partial charge in [-0.15, -0.1) is 11.6 Å². The van der Waals surface area contributed by atoms with E-state index in [1.54, 1.807) is 6.08 Å². The Balaban J connectivity index is 3.26. The van der Waals surface area contributed by atoms with Gasteiger partial charge in [-0.05, 0) is 18.9 Å². The lowest BCUT2D eigenvalue weighted by atomic mass is 10.1. The zero-order valence-electron chi connectivity index (χ0n) is 10.8. The quantitative estimate of drug-likeness (QED) is 0.314. The summed E-state index contributed by atoms with van der Waals surface area (Å²) in [5.41, 5.74) is 0. The third-order valence-electron chi connectivity index (χ3n) is 2.65. The minimum absolute atomic E-state index is 0.0747. The highest BCUT2D eigenvalue weighted by Gasteiger charge is 2.02. The smallest absolute Gasteiger partial charge is 0.305 e. The number of hydrogen-bond acceptors (Lipinski definition) is 2. The average molecular weight is 316 g/mol. The predicted molar refractivity (Wildman–Crippen MR) is 78.4 cm³/mol. The lowest BCUT2D eigenvalue weighted by molar-refractivity contribution is -0.140. The van der Waals surface area contributed by atoms with Gasteiger partial charge in [0, 0.05) is 6.42 Å². The Labute approximate surface area is 125 Å². The van der Waals surface area contributed by atoms with Crippen LogP contribution in [0.2, 0.25) is 0 Å². The van der Waals surface area contributed by atoms with Crippen molar-refractivity contribution < 1.29 is 9.53 Å². The van der Waals surface area contributed by atoms with Gasteiger partial charge in [0.25, 0.3) is 0 Å². The molecule has 0 aromatic rings. The van der Waals surface area contributed by atoms with Crippen LogP contribution in [0.4, 0.5) is 0 Å². The lowest BCUT2D eigenvalue weighted by Crippen LogP contribution is -1.99. The van der Waals surface area contributed by atoms with Crippen LogP contribution < -0.4 is 0 Å². The second kappa shape index (κ2) is 12.1. The fourth-order valence-corrected chi connectivity index (χ4v) is 2.35. The Morgan fingerprint density at radius 2 is 1.67 bits per heavy atom. The Hall–Kier alpha value is 0.0800. The number of carbonyl (C=O) groups is 1. The van der Waals surface area contributed by atoms with Crippen LogP contribution in [0.25, 0.3) is 0 Å². The first kappa shape index (κ1) is 18.1. The molecule has 1 unspecified atom stereocenters. The van der Waals surface area contributed by atoms with E-state index in [2.05, 4.69) is 4.74 Å². The Bertz CT molecular complexity index is 251. The standard InChI is InChI=1S/C13H21Cl3O2/c1-18-13(17)9-7-5-3-2-4-6-8-11(14)10-12(15)16/h10-11H,2-9H2,1H3. The second-order valence-electron chi connectivity index (χ2n) is 4.21. The number of ether oxygens (including phenoxy) is 1. The monoisotopic (exact) mass is 314 g/mol. The molecule has 0 aliphatic heterocycles. The van der Waals surface area contributed by atoms with Crippen LogP contribution in [-0.2, 0) is 9.53 Å². The molecule has 0 aromatic carbocycles. The van der Waals surface area contributed by atoms with Crippen molar-refractivity contribution in [2.75, 3.05) is 7.11 Å². The summed E-state index contributed by atoms with van der Waals surface area (Å²) in [5, 5.41) is -0.0747. The molecule has 0 spiro atoms. The van der Waals surface area contributed by atoms with Crippen molar-refractivity contribution in [1.29, 1.82) is 0 Å². The van der Waals surface area contributed by atoms with E-state index in [4.69, 9.17) is 34.8 Å². The van der Waals surface area contributed by atoms with Gasteiger partial charge in [0.2, 0.25) is 0 Å². The van der Waals surface area contributed by atoms with E-state index in [0.717, 1.165) is 38.5 Å². The summed E-state index contributed by atoms with van der Waals surface area (Å²) < 4.78 is 4.81. The molecule has 18 heavy (non-hydrogen) atoms. The van der Waals surface area contributed by atoms with Gasteiger partial charge >= 0.3 is 5.97 Å². The number of esters is 1. The van der Waals surface area contributed by atoms with E-state index in [1.165, 1.54) is 13.5 Å². The third kappa shape index (κ3) is 12.5. The first-order valence-corrected chi connectivity index (χ1v) is 7.49. The molecule has 0 N–H and O–H groups in total. The van der Waals surface area contributed by atoms with Crippen molar-refractivity contribution in [1.82, 2.24) is 0 Å². The van der Waals surface area contributed by atoms with Gasteiger partial charge in [-0.2, -0.15) is 0 Å². The number of rotatable bonds is 10. The van der Waals surface area contributed by atoms with Crippen molar-refractivity contribution in [3.63, 3.8) is 0 Å². The number of unbranched alkanes of at least 4 members (excludes halogenated alkanes) is 5. The lowest BCUT2D eigenvalue weighted by Gasteiger charge is -2.04. The van der Waals surface area contributed by atoms with Gasteiger partial charge in [-0.3, -0.25) is 4.79 Å². The number of methoxy groups -OCH3 is 1. The number of allylic oxidation sites excluding steroid dienone is 1. The fraction of sp³-hybridized carbons (Fsp3) is 0.769. The van der Waals surface area contributed by atoms with E-state index >= 15 is 0 Å². The summed E-state index contributed by atoms with van der Waals surface area (Å²) in [6, 6.07) is 0. The minimum atomic E-state index is -0.121. The fourth-order valence-electron chi connectivity index (χ4n) is 1.64. The molecule has 0 bridgehead atoms. The molecule has 0 saturated carbocycles. The summed E-state index contributed by atoms with van der Waals surface area (Å²) >= 11 is 17.0. The summed E-state index contributed by atoms with van der Waals surface area (Å²) in [5.74, 6) is -0.121. The van der Waals surface area contributed by atoms with Crippen molar-refractivity contribution in [3.8, 4) is 0 Å². The third-order valence-corrected chi connectivity index (χ3v) is 3.24. The molecule has 0 radical (unpaired) electrons. The number of alkyl halides is 1. The normalized spacial score (nSPS) is 12.0. The van der Waals surface area contributed by atoms with Gasteiger partial charge in [-0.25, -0.2) is 0 Å². The van der Waals surface area contributed by atoms with Crippen LogP contribution in [0.5, 0.6) is 0 Å². The molecule has 0 heterocycles. The molecule has 0 rings (SSSR count). The molecule has 0 aliphatic carbocycles. The van der Waals surface area contributed by atoms with E-state index in [0.29, 0.717) is 6.42 Å². The zero-order valence-corrected chi connectivity index (χ0v) is 13.0. The summed E-state index contributed by atoms with van der Waals surface area (Å²) in [7, 11) is 1.42. The maximum Gasteiger partial charge on any atom is 0.305 e. The SMILES string of the molecule is COC(=O)CCCCCCCCC(Cl)C=C(Cl)Cl. The van der Waals surface area contributed by atoms with Gasteiger partial charge < -0.3 is 4.74 Å². The Morgan fingerprint density at radius 1 is 1.11 bits per heavy atom. The maximum absolute atomic E-state index is 10.8. The minimum Gasteiger partial charge on any atom is -0.469 e. The second-order valence-corrected chi connectivity index (χ2v) is 5.78. The largest absolute Gasteiger partial charge is 0.469 e. The highest BCUT2D eigenvalue weighted by atomic mass is 35.5. The number of carbonyl (C=O) groups excluding carboxylic acids is 1. The van der Waals surface area contributed by atoms with E-state index in [9.17, 15) is 4.79 Å². The van der Waals surface area contributed by atoms with Gasteiger partial charge in [0.05, 0.1) is 12.5 Å². The average Bonchev–Trinajstić information content (AvgIpc) is 2.31. The molecule has 106 valence electrons. The van der Waals surface area contributed by atoms with E-state index < -0.39 is 0 Å². The van der Waals surface area contributed by atoms with Gasteiger partial charge in [0.15, 0.2) is 0 Å². The van der Waals surface area contributed by atoms with Crippen LogP contribution in [0.15, 0.2) is 10.6 Å². The zero-order chi connectivity index (χ0) is 13.8. The number of hydrogen-bond donors (Lipinski definition) is 0. The van der Waals surface area contributed by atoms with Crippen LogP contribution in [0.3, 0.4) is 0 Å².